The Kier molecular flexibility index (Phi) is 6.21. The van der Waals surface area contributed by atoms with E-state index in [-0.39, 0.29) is 28.1 Å². The van der Waals surface area contributed by atoms with Crippen LogP contribution in [0.3, 0.4) is 0 Å². The molecular formula is C20H16ClF3N4O3. The number of anilines is 2. The van der Waals surface area contributed by atoms with E-state index >= 15 is 0 Å². The Morgan fingerprint density at radius 1 is 1.13 bits per heavy atom. The molecule has 0 spiro atoms. The van der Waals surface area contributed by atoms with Gasteiger partial charge in [-0.15, -0.1) is 0 Å². The van der Waals surface area contributed by atoms with Gasteiger partial charge in [0.2, 0.25) is 5.91 Å². The lowest BCUT2D eigenvalue weighted by atomic mass is 10.2. The minimum atomic E-state index is -4.52. The fraction of sp³-hybridized carbons (Fsp3) is 0.150. The molecule has 2 aromatic carbocycles. The van der Waals surface area contributed by atoms with Crippen molar-refractivity contribution in [2.45, 2.75) is 13.1 Å². The fourth-order valence-electron chi connectivity index (χ4n) is 2.70. The first-order valence-corrected chi connectivity index (χ1v) is 9.16. The SMILES string of the molecule is COc1cn(-c2cccc(C(F)(F)F)c2)nc1C(=O)Nc1ccc(NC(C)=O)c(Cl)c1. The van der Waals surface area contributed by atoms with Crippen LogP contribution >= 0.6 is 11.6 Å². The summed E-state index contributed by atoms with van der Waals surface area (Å²) in [5.41, 5.74) is -0.186. The average molecular weight is 453 g/mol. The molecule has 0 aliphatic rings. The zero-order valence-corrected chi connectivity index (χ0v) is 17.0. The van der Waals surface area contributed by atoms with E-state index in [9.17, 15) is 22.8 Å². The highest BCUT2D eigenvalue weighted by molar-refractivity contribution is 6.34. The number of ether oxygens (including phenoxy) is 1. The van der Waals surface area contributed by atoms with Gasteiger partial charge >= 0.3 is 6.18 Å². The van der Waals surface area contributed by atoms with Gasteiger partial charge in [0, 0.05) is 12.6 Å². The first-order valence-electron chi connectivity index (χ1n) is 8.78. The summed E-state index contributed by atoms with van der Waals surface area (Å²) < 4.78 is 45.2. The maximum atomic E-state index is 13.0. The summed E-state index contributed by atoms with van der Waals surface area (Å²) in [6.07, 6.45) is -3.21. The van der Waals surface area contributed by atoms with Crippen molar-refractivity contribution in [3.63, 3.8) is 0 Å². The van der Waals surface area contributed by atoms with Crippen LogP contribution < -0.4 is 15.4 Å². The highest BCUT2D eigenvalue weighted by Crippen LogP contribution is 2.31. The van der Waals surface area contributed by atoms with E-state index in [1.165, 1.54) is 50.6 Å². The van der Waals surface area contributed by atoms with Gasteiger partial charge in [0.25, 0.3) is 5.91 Å². The first-order chi connectivity index (χ1) is 14.6. The summed E-state index contributed by atoms with van der Waals surface area (Å²) >= 11 is 6.09. The van der Waals surface area contributed by atoms with E-state index < -0.39 is 17.6 Å². The average Bonchev–Trinajstić information content (AvgIpc) is 3.14. The first kappa shape index (κ1) is 22.2. The van der Waals surface area contributed by atoms with Gasteiger partial charge in [-0.05, 0) is 36.4 Å². The second-order valence-corrected chi connectivity index (χ2v) is 6.78. The van der Waals surface area contributed by atoms with Crippen LogP contribution in [-0.2, 0) is 11.0 Å². The molecule has 1 heterocycles. The lowest BCUT2D eigenvalue weighted by molar-refractivity contribution is -0.137. The smallest absolute Gasteiger partial charge is 0.416 e. The van der Waals surface area contributed by atoms with Crippen LogP contribution in [0.15, 0.2) is 48.7 Å². The number of amides is 2. The Balaban J connectivity index is 1.87. The van der Waals surface area contributed by atoms with Gasteiger partial charge in [0.1, 0.15) is 0 Å². The van der Waals surface area contributed by atoms with Gasteiger partial charge in [0.15, 0.2) is 11.4 Å². The number of nitrogens with one attached hydrogen (secondary N) is 2. The third-order valence-electron chi connectivity index (χ3n) is 4.09. The molecule has 11 heteroatoms. The molecule has 7 nitrogen and oxygen atoms in total. The molecule has 0 bridgehead atoms. The summed E-state index contributed by atoms with van der Waals surface area (Å²) in [4.78, 5) is 23.8. The molecule has 162 valence electrons. The Labute approximate surface area is 179 Å². The molecule has 0 radical (unpaired) electrons. The number of aromatic nitrogens is 2. The molecule has 0 unspecified atom stereocenters. The molecule has 3 aromatic rings. The van der Waals surface area contributed by atoms with E-state index in [2.05, 4.69) is 15.7 Å². The third-order valence-corrected chi connectivity index (χ3v) is 4.40. The summed E-state index contributed by atoms with van der Waals surface area (Å²) in [5, 5.41) is 9.40. The molecule has 2 amide bonds. The van der Waals surface area contributed by atoms with Crippen LogP contribution in [0.2, 0.25) is 5.02 Å². The van der Waals surface area contributed by atoms with Crippen molar-refractivity contribution in [3.05, 3.63) is 64.9 Å². The van der Waals surface area contributed by atoms with Crippen LogP contribution in [0.1, 0.15) is 23.0 Å². The van der Waals surface area contributed by atoms with Crippen LogP contribution in [0.5, 0.6) is 5.75 Å². The standard InChI is InChI=1S/C20H16ClF3N4O3/c1-11(29)25-16-7-6-13(9-15(16)21)26-19(30)18-17(31-2)10-28(27-18)14-5-3-4-12(8-14)20(22,23)24/h3-10H,1-2H3,(H,25,29)(H,26,30). The van der Waals surface area contributed by atoms with Crippen LogP contribution in [0.25, 0.3) is 5.69 Å². The van der Waals surface area contributed by atoms with Crippen molar-refractivity contribution >= 4 is 34.8 Å². The van der Waals surface area contributed by atoms with E-state index in [4.69, 9.17) is 16.3 Å². The quantitative estimate of drug-likeness (QED) is 0.584. The topological polar surface area (TPSA) is 85.2 Å². The number of carbonyl (C=O) groups is 2. The summed E-state index contributed by atoms with van der Waals surface area (Å²) in [5.74, 6) is -0.898. The zero-order valence-electron chi connectivity index (χ0n) is 16.2. The van der Waals surface area contributed by atoms with Crippen molar-refractivity contribution < 1.29 is 27.5 Å². The van der Waals surface area contributed by atoms with Gasteiger partial charge in [-0.2, -0.15) is 18.3 Å². The highest BCUT2D eigenvalue weighted by Gasteiger charge is 2.30. The minimum absolute atomic E-state index is 0.0656. The molecule has 0 saturated carbocycles. The largest absolute Gasteiger partial charge is 0.493 e. The summed E-state index contributed by atoms with van der Waals surface area (Å²) in [6, 6.07) is 8.97. The number of rotatable bonds is 5. The number of hydrogen-bond donors (Lipinski definition) is 2. The van der Waals surface area contributed by atoms with Gasteiger partial charge in [-0.3, -0.25) is 9.59 Å². The molecule has 0 aliphatic carbocycles. The molecule has 0 aliphatic heterocycles. The summed E-state index contributed by atoms with van der Waals surface area (Å²) in [7, 11) is 1.31. The Bertz CT molecular complexity index is 1140. The number of carbonyl (C=O) groups excluding carboxylic acids is 2. The number of halogens is 4. The Morgan fingerprint density at radius 2 is 1.87 bits per heavy atom. The highest BCUT2D eigenvalue weighted by atomic mass is 35.5. The number of hydrogen-bond acceptors (Lipinski definition) is 4. The minimum Gasteiger partial charge on any atom is -0.493 e. The van der Waals surface area contributed by atoms with Crippen molar-refractivity contribution in [1.29, 1.82) is 0 Å². The van der Waals surface area contributed by atoms with E-state index in [1.807, 2.05) is 0 Å². The maximum Gasteiger partial charge on any atom is 0.416 e. The van der Waals surface area contributed by atoms with E-state index in [0.29, 0.717) is 11.4 Å². The van der Waals surface area contributed by atoms with E-state index in [1.54, 1.807) is 0 Å². The molecule has 0 fully saturated rings. The zero-order chi connectivity index (χ0) is 22.8. The second kappa shape index (κ2) is 8.68. The number of nitrogens with zero attached hydrogens (tertiary/aromatic N) is 2. The van der Waals surface area contributed by atoms with Crippen molar-refractivity contribution in [3.8, 4) is 11.4 Å². The third kappa shape index (κ3) is 5.15. The lowest BCUT2D eigenvalue weighted by Gasteiger charge is -2.09. The fourth-order valence-corrected chi connectivity index (χ4v) is 2.92. The van der Waals surface area contributed by atoms with Gasteiger partial charge in [-0.25, -0.2) is 4.68 Å². The molecule has 2 N–H and O–H groups in total. The Morgan fingerprint density at radius 3 is 2.48 bits per heavy atom. The lowest BCUT2D eigenvalue weighted by Crippen LogP contribution is -2.14. The number of alkyl halides is 3. The monoisotopic (exact) mass is 452 g/mol. The van der Waals surface area contributed by atoms with E-state index in [0.717, 1.165) is 16.8 Å². The van der Waals surface area contributed by atoms with Crippen molar-refractivity contribution in [1.82, 2.24) is 9.78 Å². The summed E-state index contributed by atoms with van der Waals surface area (Å²) in [6.45, 7) is 1.33. The Hall–Kier alpha value is -3.53. The molecule has 0 saturated heterocycles. The maximum absolute atomic E-state index is 13.0. The molecule has 1 aromatic heterocycles. The van der Waals surface area contributed by atoms with Crippen LogP contribution in [0, 0.1) is 0 Å². The normalized spacial score (nSPS) is 11.2. The molecular weight excluding hydrogens is 437 g/mol. The molecule has 3 rings (SSSR count). The van der Waals surface area contributed by atoms with Gasteiger partial charge < -0.3 is 15.4 Å². The number of methoxy groups -OCH3 is 1. The van der Waals surface area contributed by atoms with Gasteiger partial charge in [0.05, 0.1) is 35.3 Å². The second-order valence-electron chi connectivity index (χ2n) is 6.37. The van der Waals surface area contributed by atoms with Crippen LogP contribution in [0.4, 0.5) is 24.5 Å². The van der Waals surface area contributed by atoms with Crippen LogP contribution in [-0.4, -0.2) is 28.7 Å². The van der Waals surface area contributed by atoms with Crippen molar-refractivity contribution in [2.24, 2.45) is 0 Å². The predicted molar refractivity (Wildman–Crippen MR) is 109 cm³/mol. The predicted octanol–water partition coefficient (Wildman–Crippen LogP) is 4.76. The number of benzene rings is 2. The van der Waals surface area contributed by atoms with Gasteiger partial charge in [-0.1, -0.05) is 17.7 Å². The molecule has 0 atom stereocenters. The molecule has 31 heavy (non-hydrogen) atoms. The van der Waals surface area contributed by atoms with Crippen molar-refractivity contribution in [2.75, 3.05) is 17.7 Å².